The SMILES string of the molecule is CC(CC(=O)NCC1CNC1)C(=O)c1cccc(F)c1. The van der Waals surface area contributed by atoms with Gasteiger partial charge in [0.25, 0.3) is 0 Å². The van der Waals surface area contributed by atoms with E-state index in [1.165, 1.54) is 18.2 Å². The Labute approximate surface area is 117 Å². The quantitative estimate of drug-likeness (QED) is 0.773. The molecule has 0 saturated carbocycles. The second-order valence-electron chi connectivity index (χ2n) is 5.31. The second-order valence-corrected chi connectivity index (χ2v) is 5.31. The minimum absolute atomic E-state index is 0.130. The summed E-state index contributed by atoms with van der Waals surface area (Å²) >= 11 is 0. The van der Waals surface area contributed by atoms with E-state index in [2.05, 4.69) is 10.6 Å². The molecule has 0 radical (unpaired) electrons. The predicted octanol–water partition coefficient (Wildman–Crippen LogP) is 1.37. The van der Waals surface area contributed by atoms with Gasteiger partial charge in [-0.15, -0.1) is 0 Å². The molecular formula is C15H19FN2O2. The fourth-order valence-corrected chi connectivity index (χ4v) is 2.12. The van der Waals surface area contributed by atoms with Gasteiger partial charge in [0, 0.05) is 43.5 Å². The van der Waals surface area contributed by atoms with Gasteiger partial charge in [0.1, 0.15) is 5.82 Å². The zero-order chi connectivity index (χ0) is 14.5. The molecule has 4 nitrogen and oxygen atoms in total. The Hall–Kier alpha value is -1.75. The Morgan fingerprint density at radius 2 is 2.20 bits per heavy atom. The minimum atomic E-state index is -0.448. The van der Waals surface area contributed by atoms with E-state index in [-0.39, 0.29) is 18.1 Å². The molecule has 0 aliphatic carbocycles. The van der Waals surface area contributed by atoms with Gasteiger partial charge in [-0.25, -0.2) is 4.39 Å². The smallest absolute Gasteiger partial charge is 0.220 e. The molecule has 1 aromatic rings. The predicted molar refractivity (Wildman–Crippen MR) is 73.9 cm³/mol. The Bertz CT molecular complexity index is 500. The van der Waals surface area contributed by atoms with Crippen LogP contribution < -0.4 is 10.6 Å². The normalized spacial score (nSPS) is 16.3. The Morgan fingerprint density at radius 3 is 2.80 bits per heavy atom. The summed E-state index contributed by atoms with van der Waals surface area (Å²) in [5.41, 5.74) is 0.313. The van der Waals surface area contributed by atoms with Gasteiger partial charge in [0.15, 0.2) is 5.78 Å². The largest absolute Gasteiger partial charge is 0.356 e. The van der Waals surface area contributed by atoms with Gasteiger partial charge < -0.3 is 10.6 Å². The first-order chi connectivity index (χ1) is 9.56. The van der Waals surface area contributed by atoms with Crippen molar-refractivity contribution in [3.63, 3.8) is 0 Å². The van der Waals surface area contributed by atoms with Crippen molar-refractivity contribution < 1.29 is 14.0 Å². The fourth-order valence-electron chi connectivity index (χ4n) is 2.12. The third kappa shape index (κ3) is 3.87. The molecule has 1 aliphatic heterocycles. The van der Waals surface area contributed by atoms with Crippen LogP contribution in [-0.2, 0) is 4.79 Å². The molecule has 1 fully saturated rings. The lowest BCUT2D eigenvalue weighted by molar-refractivity contribution is -0.121. The maximum Gasteiger partial charge on any atom is 0.220 e. The molecule has 1 aliphatic rings. The molecule has 2 N–H and O–H groups in total. The number of nitrogens with one attached hydrogen (secondary N) is 2. The number of hydrogen-bond donors (Lipinski definition) is 2. The van der Waals surface area contributed by atoms with Crippen LogP contribution in [0.15, 0.2) is 24.3 Å². The first-order valence-electron chi connectivity index (χ1n) is 6.83. The third-order valence-electron chi connectivity index (χ3n) is 3.50. The van der Waals surface area contributed by atoms with Gasteiger partial charge in [-0.1, -0.05) is 19.1 Å². The van der Waals surface area contributed by atoms with Gasteiger partial charge >= 0.3 is 0 Å². The minimum Gasteiger partial charge on any atom is -0.356 e. The van der Waals surface area contributed by atoms with E-state index in [9.17, 15) is 14.0 Å². The van der Waals surface area contributed by atoms with Crippen molar-refractivity contribution in [3.05, 3.63) is 35.6 Å². The van der Waals surface area contributed by atoms with Crippen LogP contribution in [-0.4, -0.2) is 31.3 Å². The maximum absolute atomic E-state index is 13.1. The van der Waals surface area contributed by atoms with Crippen LogP contribution in [0.4, 0.5) is 4.39 Å². The van der Waals surface area contributed by atoms with E-state index < -0.39 is 11.7 Å². The van der Waals surface area contributed by atoms with Crippen molar-refractivity contribution in [2.75, 3.05) is 19.6 Å². The van der Waals surface area contributed by atoms with Crippen molar-refractivity contribution in [1.29, 1.82) is 0 Å². The Morgan fingerprint density at radius 1 is 1.45 bits per heavy atom. The topological polar surface area (TPSA) is 58.2 Å². The number of benzene rings is 1. The van der Waals surface area contributed by atoms with Crippen molar-refractivity contribution in [1.82, 2.24) is 10.6 Å². The van der Waals surface area contributed by atoms with Gasteiger partial charge in [0.05, 0.1) is 0 Å². The summed E-state index contributed by atoms with van der Waals surface area (Å²) in [6.45, 7) is 4.19. The van der Waals surface area contributed by atoms with Crippen molar-refractivity contribution >= 4 is 11.7 Å². The number of carbonyl (C=O) groups is 2. The van der Waals surface area contributed by atoms with Gasteiger partial charge in [-0.05, 0) is 12.1 Å². The maximum atomic E-state index is 13.1. The van der Waals surface area contributed by atoms with Gasteiger partial charge in [0.2, 0.25) is 5.91 Å². The molecule has 5 heteroatoms. The van der Waals surface area contributed by atoms with Crippen LogP contribution >= 0.6 is 0 Å². The third-order valence-corrected chi connectivity index (χ3v) is 3.50. The zero-order valence-electron chi connectivity index (χ0n) is 11.5. The summed E-state index contributed by atoms with van der Waals surface area (Å²) in [7, 11) is 0. The molecule has 0 spiro atoms. The average molecular weight is 278 g/mol. The molecule has 1 saturated heterocycles. The summed E-state index contributed by atoms with van der Waals surface area (Å²) in [5, 5.41) is 5.96. The lowest BCUT2D eigenvalue weighted by Crippen LogP contribution is -2.48. The second kappa shape index (κ2) is 6.61. The van der Waals surface area contributed by atoms with Crippen LogP contribution in [0.2, 0.25) is 0 Å². The molecule has 20 heavy (non-hydrogen) atoms. The molecule has 0 bridgehead atoms. The highest BCUT2D eigenvalue weighted by atomic mass is 19.1. The monoisotopic (exact) mass is 278 g/mol. The number of hydrogen-bond acceptors (Lipinski definition) is 3. The Balaban J connectivity index is 1.82. The molecule has 1 amide bonds. The summed E-state index contributed by atoms with van der Waals surface area (Å²) in [5.74, 6) is -0.728. The van der Waals surface area contributed by atoms with E-state index in [0.717, 1.165) is 13.1 Å². The van der Waals surface area contributed by atoms with E-state index >= 15 is 0 Å². The highest BCUT2D eigenvalue weighted by molar-refractivity contribution is 5.99. The van der Waals surface area contributed by atoms with Crippen LogP contribution in [0.5, 0.6) is 0 Å². The fraction of sp³-hybridized carbons (Fsp3) is 0.467. The van der Waals surface area contributed by atoms with Crippen LogP contribution in [0.25, 0.3) is 0 Å². The summed E-state index contributed by atoms with van der Waals surface area (Å²) < 4.78 is 13.1. The molecule has 1 atom stereocenters. The van der Waals surface area contributed by atoms with Gasteiger partial charge in [-0.2, -0.15) is 0 Å². The lowest BCUT2D eigenvalue weighted by atomic mass is 9.96. The summed E-state index contributed by atoms with van der Waals surface area (Å²) in [6, 6.07) is 5.57. The molecule has 1 aromatic carbocycles. The standard InChI is InChI=1S/C15H19FN2O2/c1-10(5-14(19)18-9-11-7-17-8-11)15(20)12-3-2-4-13(16)6-12/h2-4,6,10-11,17H,5,7-9H2,1H3,(H,18,19). The number of carbonyl (C=O) groups excluding carboxylic acids is 2. The first-order valence-corrected chi connectivity index (χ1v) is 6.83. The highest BCUT2D eigenvalue weighted by Gasteiger charge is 2.21. The number of rotatable bonds is 6. The van der Waals surface area contributed by atoms with E-state index in [4.69, 9.17) is 0 Å². The van der Waals surface area contributed by atoms with Crippen LogP contribution in [0.1, 0.15) is 23.7 Å². The number of amides is 1. The van der Waals surface area contributed by atoms with Crippen LogP contribution in [0, 0.1) is 17.7 Å². The molecule has 2 rings (SSSR count). The Kier molecular flexibility index (Phi) is 4.84. The average Bonchev–Trinajstić information content (AvgIpc) is 2.35. The number of ketones is 1. The van der Waals surface area contributed by atoms with Gasteiger partial charge in [-0.3, -0.25) is 9.59 Å². The number of halogens is 1. The van der Waals surface area contributed by atoms with Crippen molar-refractivity contribution in [2.24, 2.45) is 11.8 Å². The molecule has 1 unspecified atom stereocenters. The molecule has 1 heterocycles. The summed E-state index contributed by atoms with van der Waals surface area (Å²) in [6.07, 6.45) is 0.134. The zero-order valence-corrected chi connectivity index (χ0v) is 11.5. The van der Waals surface area contributed by atoms with Crippen molar-refractivity contribution in [3.8, 4) is 0 Å². The first kappa shape index (κ1) is 14.7. The van der Waals surface area contributed by atoms with Crippen molar-refractivity contribution in [2.45, 2.75) is 13.3 Å². The molecule has 108 valence electrons. The molecular weight excluding hydrogens is 259 g/mol. The number of Topliss-reactive ketones (excluding diaryl/α,β-unsaturated/α-hetero) is 1. The molecule has 0 aromatic heterocycles. The van der Waals surface area contributed by atoms with E-state index in [0.29, 0.717) is 18.0 Å². The van der Waals surface area contributed by atoms with E-state index in [1.54, 1.807) is 13.0 Å². The highest BCUT2D eigenvalue weighted by Crippen LogP contribution is 2.13. The summed E-state index contributed by atoms with van der Waals surface area (Å²) in [4.78, 5) is 23.8. The van der Waals surface area contributed by atoms with E-state index in [1.807, 2.05) is 0 Å². The lowest BCUT2D eigenvalue weighted by Gasteiger charge is -2.27. The van der Waals surface area contributed by atoms with Crippen LogP contribution in [0.3, 0.4) is 0 Å².